The van der Waals surface area contributed by atoms with Crippen molar-refractivity contribution in [3.8, 4) is 0 Å². The molecule has 1 aliphatic rings. The summed E-state index contributed by atoms with van der Waals surface area (Å²) in [5.74, 6) is -0.537. The summed E-state index contributed by atoms with van der Waals surface area (Å²) in [5.41, 5.74) is 2.84. The highest BCUT2D eigenvalue weighted by molar-refractivity contribution is 7.89. The first kappa shape index (κ1) is 30.9. The van der Waals surface area contributed by atoms with E-state index in [-0.39, 0.29) is 16.7 Å². The van der Waals surface area contributed by atoms with Crippen molar-refractivity contribution < 1.29 is 22.7 Å². The Labute approximate surface area is 247 Å². The number of fused-ring (bicyclic) bond motifs is 1. The number of carbonyl (C=O) groups is 2. The van der Waals surface area contributed by atoms with Crippen molar-refractivity contribution in [1.82, 2.24) is 9.21 Å². The van der Waals surface area contributed by atoms with Crippen LogP contribution in [0.4, 0.5) is 5.00 Å². The van der Waals surface area contributed by atoms with Crippen LogP contribution in [-0.2, 0) is 34.3 Å². The number of carbonyl (C=O) groups excluding carboxylic acids is 2. The predicted molar refractivity (Wildman–Crippen MR) is 163 cm³/mol. The lowest BCUT2D eigenvalue weighted by Gasteiger charge is -2.27. The van der Waals surface area contributed by atoms with Crippen LogP contribution in [0.25, 0.3) is 0 Å². The summed E-state index contributed by atoms with van der Waals surface area (Å²) >= 11 is 1.39. The molecule has 0 unspecified atom stereocenters. The molecule has 220 valence electrons. The fourth-order valence-corrected chi connectivity index (χ4v) is 8.07. The van der Waals surface area contributed by atoms with Gasteiger partial charge in [0.15, 0.2) is 0 Å². The maximum atomic E-state index is 13.4. The average Bonchev–Trinajstić information content (AvgIpc) is 3.29. The van der Waals surface area contributed by atoms with Crippen LogP contribution in [0.5, 0.6) is 0 Å². The van der Waals surface area contributed by atoms with Crippen LogP contribution in [0.3, 0.4) is 0 Å². The molecule has 1 aromatic heterocycles. The Balaban J connectivity index is 1.53. The molecule has 0 radical (unpaired) electrons. The van der Waals surface area contributed by atoms with Crippen molar-refractivity contribution in [3.63, 3.8) is 0 Å². The van der Waals surface area contributed by atoms with Gasteiger partial charge in [0.25, 0.3) is 5.91 Å². The highest BCUT2D eigenvalue weighted by atomic mass is 32.2. The van der Waals surface area contributed by atoms with Crippen molar-refractivity contribution in [1.29, 1.82) is 0 Å². The van der Waals surface area contributed by atoms with E-state index in [0.717, 1.165) is 23.5 Å². The van der Waals surface area contributed by atoms with Gasteiger partial charge in [0.1, 0.15) is 5.00 Å². The first-order valence-electron chi connectivity index (χ1n) is 13.9. The fourth-order valence-electron chi connectivity index (χ4n) is 5.03. The number of ether oxygens (including phenoxy) is 1. The van der Waals surface area contributed by atoms with E-state index in [0.29, 0.717) is 42.2 Å². The lowest BCUT2D eigenvalue weighted by molar-refractivity contribution is 0.0600. The van der Waals surface area contributed by atoms with Crippen LogP contribution < -0.4 is 5.32 Å². The molecular formula is C31H39N3O5S2. The lowest BCUT2D eigenvalue weighted by Crippen LogP contribution is -2.37. The van der Waals surface area contributed by atoms with E-state index in [9.17, 15) is 18.0 Å². The number of sulfonamides is 1. The van der Waals surface area contributed by atoms with Crippen LogP contribution in [0, 0.1) is 11.8 Å². The number of esters is 1. The number of anilines is 1. The molecule has 1 N–H and O–H groups in total. The van der Waals surface area contributed by atoms with Gasteiger partial charge in [-0.2, -0.15) is 4.31 Å². The minimum Gasteiger partial charge on any atom is -0.465 e. The molecule has 0 bridgehead atoms. The van der Waals surface area contributed by atoms with Crippen molar-refractivity contribution in [2.24, 2.45) is 11.8 Å². The molecule has 0 atom stereocenters. The van der Waals surface area contributed by atoms with Gasteiger partial charge in [-0.25, -0.2) is 13.2 Å². The largest absolute Gasteiger partial charge is 0.465 e. The lowest BCUT2D eigenvalue weighted by atomic mass is 10.0. The van der Waals surface area contributed by atoms with E-state index in [4.69, 9.17) is 4.74 Å². The van der Waals surface area contributed by atoms with E-state index in [2.05, 4.69) is 22.3 Å². The molecule has 0 saturated heterocycles. The molecule has 2 aromatic carbocycles. The Morgan fingerprint density at radius 2 is 1.63 bits per heavy atom. The van der Waals surface area contributed by atoms with Crippen LogP contribution in [0.15, 0.2) is 59.5 Å². The van der Waals surface area contributed by atoms with Gasteiger partial charge in [-0.1, -0.05) is 58.0 Å². The topological polar surface area (TPSA) is 96.0 Å². The molecule has 10 heteroatoms. The number of benzene rings is 2. The number of nitrogens with one attached hydrogen (secondary N) is 1. The number of methoxy groups -OCH3 is 1. The number of amides is 1. The summed E-state index contributed by atoms with van der Waals surface area (Å²) in [4.78, 5) is 29.5. The van der Waals surface area contributed by atoms with E-state index in [1.807, 2.05) is 45.9 Å². The Morgan fingerprint density at radius 1 is 1.00 bits per heavy atom. The first-order valence-corrected chi connectivity index (χ1v) is 16.2. The number of hydrogen-bond acceptors (Lipinski definition) is 7. The highest BCUT2D eigenvalue weighted by Gasteiger charge is 2.30. The van der Waals surface area contributed by atoms with Gasteiger partial charge in [0.05, 0.1) is 17.6 Å². The molecule has 0 spiro atoms. The fraction of sp³-hybridized carbons (Fsp3) is 0.419. The van der Waals surface area contributed by atoms with Gasteiger partial charge in [-0.15, -0.1) is 11.3 Å². The summed E-state index contributed by atoms with van der Waals surface area (Å²) in [5, 5.41) is 3.35. The summed E-state index contributed by atoms with van der Waals surface area (Å²) in [6, 6.07) is 16.2. The highest BCUT2D eigenvalue weighted by Crippen LogP contribution is 2.38. The van der Waals surface area contributed by atoms with Gasteiger partial charge in [-0.3, -0.25) is 9.69 Å². The smallest absolute Gasteiger partial charge is 0.341 e. The van der Waals surface area contributed by atoms with Crippen LogP contribution in [0.2, 0.25) is 0 Å². The third-order valence-corrected chi connectivity index (χ3v) is 9.87. The molecule has 0 saturated carbocycles. The summed E-state index contributed by atoms with van der Waals surface area (Å²) in [6.45, 7) is 11.1. The maximum Gasteiger partial charge on any atom is 0.341 e. The minimum atomic E-state index is -3.71. The zero-order valence-electron chi connectivity index (χ0n) is 24.3. The molecular weight excluding hydrogens is 558 g/mol. The second-order valence-electron chi connectivity index (χ2n) is 11.2. The molecule has 1 aliphatic heterocycles. The third kappa shape index (κ3) is 7.43. The molecule has 0 fully saturated rings. The third-order valence-electron chi connectivity index (χ3n) is 6.89. The Hall–Kier alpha value is -3.05. The zero-order chi connectivity index (χ0) is 29.7. The van der Waals surface area contributed by atoms with Gasteiger partial charge < -0.3 is 10.1 Å². The van der Waals surface area contributed by atoms with Gasteiger partial charge in [0.2, 0.25) is 10.0 Å². The molecule has 0 aliphatic carbocycles. The summed E-state index contributed by atoms with van der Waals surface area (Å²) in [6.07, 6.45) is 0.675. The average molecular weight is 598 g/mol. The van der Waals surface area contributed by atoms with Crippen LogP contribution >= 0.6 is 11.3 Å². The van der Waals surface area contributed by atoms with Crippen molar-refractivity contribution in [3.05, 3.63) is 81.7 Å². The molecule has 3 aromatic rings. The van der Waals surface area contributed by atoms with Crippen molar-refractivity contribution in [2.45, 2.75) is 52.1 Å². The first-order chi connectivity index (χ1) is 19.5. The van der Waals surface area contributed by atoms with Crippen LogP contribution in [0.1, 0.15) is 64.4 Å². The van der Waals surface area contributed by atoms with E-state index >= 15 is 0 Å². The standard InChI is InChI=1S/C31H39N3O5S2/c1-21(2)17-34(18-22(3)4)41(37,38)25-13-11-24(12-14-25)29(35)32-30-28(31(36)39-5)26-15-16-33(20-27(26)40-30)19-23-9-7-6-8-10-23/h6-14,21-22H,15-20H2,1-5H3,(H,32,35). The summed E-state index contributed by atoms with van der Waals surface area (Å²) in [7, 11) is -2.37. The minimum absolute atomic E-state index is 0.149. The second kappa shape index (κ2) is 13.3. The predicted octanol–water partition coefficient (Wildman–Crippen LogP) is 5.65. The number of thiophene rings is 1. The number of nitrogens with zero attached hydrogens (tertiary/aromatic N) is 2. The Kier molecular flexibility index (Phi) is 10.0. The monoisotopic (exact) mass is 597 g/mol. The molecule has 8 nitrogen and oxygen atoms in total. The Bertz CT molecular complexity index is 1460. The van der Waals surface area contributed by atoms with Gasteiger partial charge in [-0.05, 0) is 53.6 Å². The quantitative estimate of drug-likeness (QED) is 0.287. The molecule has 41 heavy (non-hydrogen) atoms. The SMILES string of the molecule is COC(=O)c1c(NC(=O)c2ccc(S(=O)(=O)N(CC(C)C)CC(C)C)cc2)sc2c1CCN(Cc1ccccc1)C2. The summed E-state index contributed by atoms with van der Waals surface area (Å²) < 4.78 is 33.3. The molecule has 1 amide bonds. The number of hydrogen-bond donors (Lipinski definition) is 1. The van der Waals surface area contributed by atoms with E-state index < -0.39 is 21.9 Å². The van der Waals surface area contributed by atoms with Crippen LogP contribution in [-0.4, -0.2) is 56.2 Å². The zero-order valence-corrected chi connectivity index (χ0v) is 26.0. The van der Waals surface area contributed by atoms with Gasteiger partial charge >= 0.3 is 5.97 Å². The maximum absolute atomic E-state index is 13.4. The van der Waals surface area contributed by atoms with E-state index in [1.165, 1.54) is 52.6 Å². The molecule has 2 heterocycles. The van der Waals surface area contributed by atoms with E-state index in [1.54, 1.807) is 0 Å². The second-order valence-corrected chi connectivity index (χ2v) is 14.3. The van der Waals surface area contributed by atoms with Crippen molar-refractivity contribution in [2.75, 3.05) is 32.1 Å². The molecule has 4 rings (SSSR count). The Morgan fingerprint density at radius 3 is 2.22 bits per heavy atom. The normalized spacial score (nSPS) is 14.0. The van der Waals surface area contributed by atoms with Crippen molar-refractivity contribution >= 4 is 38.2 Å². The number of rotatable bonds is 11. The van der Waals surface area contributed by atoms with Gasteiger partial charge in [0, 0.05) is 43.2 Å².